The first kappa shape index (κ1) is 21.0. The molecule has 2 unspecified atom stereocenters. The van der Waals surface area contributed by atoms with Crippen LogP contribution >= 0.6 is 11.6 Å². The quantitative estimate of drug-likeness (QED) is 0.395. The van der Waals surface area contributed by atoms with Crippen molar-refractivity contribution in [2.75, 3.05) is 0 Å². The van der Waals surface area contributed by atoms with Crippen LogP contribution in [0.25, 0.3) is 0 Å². The van der Waals surface area contributed by atoms with Gasteiger partial charge in [0.2, 0.25) is 0 Å². The summed E-state index contributed by atoms with van der Waals surface area (Å²) in [4.78, 5) is 12.5. The lowest BCUT2D eigenvalue weighted by Crippen LogP contribution is -2.26. The number of benzene rings is 1. The smallest absolute Gasteiger partial charge is 0.310 e. The summed E-state index contributed by atoms with van der Waals surface area (Å²) < 4.78 is 5.65. The molecule has 150 valence electrons. The van der Waals surface area contributed by atoms with E-state index in [9.17, 15) is 4.79 Å². The van der Waals surface area contributed by atoms with Gasteiger partial charge in [-0.3, -0.25) is 4.79 Å². The number of hydrogen-bond donors (Lipinski definition) is 0. The van der Waals surface area contributed by atoms with Crippen molar-refractivity contribution in [2.45, 2.75) is 72.3 Å². The van der Waals surface area contributed by atoms with Crippen LogP contribution in [-0.4, -0.2) is 11.6 Å². The van der Waals surface area contributed by atoms with Gasteiger partial charge < -0.3 is 4.74 Å². The molecule has 2 aliphatic rings. The fourth-order valence-corrected chi connectivity index (χ4v) is 4.41. The molecule has 0 aliphatic heterocycles. The van der Waals surface area contributed by atoms with Gasteiger partial charge in [-0.1, -0.05) is 48.9 Å². The van der Waals surface area contributed by atoms with Crippen LogP contribution in [0, 0.1) is 28.6 Å². The van der Waals surface area contributed by atoms with Gasteiger partial charge in [-0.25, -0.2) is 0 Å². The second-order valence-electron chi connectivity index (χ2n) is 9.99. The second kappa shape index (κ2) is 7.60. The van der Waals surface area contributed by atoms with E-state index in [0.717, 1.165) is 37.7 Å². The van der Waals surface area contributed by atoms with Crippen molar-refractivity contribution >= 4 is 17.6 Å². The second-order valence-corrected chi connectivity index (χ2v) is 10.4. The Hall–Kier alpha value is -1.72. The summed E-state index contributed by atoms with van der Waals surface area (Å²) in [6.07, 6.45) is 7.27. The van der Waals surface area contributed by atoms with E-state index in [1.165, 1.54) is 5.57 Å². The van der Waals surface area contributed by atoms with Crippen LogP contribution < -0.4 is 0 Å². The molecular weight excluding hydrogens is 368 g/mol. The third-order valence-corrected chi connectivity index (χ3v) is 6.41. The Morgan fingerprint density at radius 3 is 2.68 bits per heavy atom. The normalized spacial score (nSPS) is 27.6. The monoisotopic (exact) mass is 398 g/mol. The van der Waals surface area contributed by atoms with E-state index in [2.05, 4.69) is 31.8 Å². The van der Waals surface area contributed by atoms with Gasteiger partial charge in [-0.2, -0.15) is 0 Å². The lowest BCUT2D eigenvalue weighted by Gasteiger charge is -2.25. The van der Waals surface area contributed by atoms with Gasteiger partial charge in [0.1, 0.15) is 5.60 Å². The van der Waals surface area contributed by atoms with Crippen molar-refractivity contribution in [2.24, 2.45) is 16.7 Å². The van der Waals surface area contributed by atoms with Gasteiger partial charge in [0, 0.05) is 10.6 Å². The van der Waals surface area contributed by atoms with Crippen molar-refractivity contribution in [3.63, 3.8) is 0 Å². The van der Waals surface area contributed by atoms with E-state index in [4.69, 9.17) is 16.3 Å². The number of hydrogen-bond acceptors (Lipinski definition) is 2. The van der Waals surface area contributed by atoms with Crippen LogP contribution in [0.4, 0.5) is 0 Å². The summed E-state index contributed by atoms with van der Waals surface area (Å²) in [7, 11) is 0. The number of halogens is 1. The minimum atomic E-state index is -0.411. The molecule has 0 amide bonds. The molecule has 1 aromatic carbocycles. The third-order valence-electron chi connectivity index (χ3n) is 6.18. The van der Waals surface area contributed by atoms with E-state index < -0.39 is 5.60 Å². The Labute approximate surface area is 174 Å². The van der Waals surface area contributed by atoms with E-state index in [-0.39, 0.29) is 22.7 Å². The minimum Gasteiger partial charge on any atom is -0.460 e. The molecule has 3 heteroatoms. The molecule has 0 aromatic heterocycles. The maximum atomic E-state index is 12.5. The molecule has 28 heavy (non-hydrogen) atoms. The molecule has 2 aliphatic carbocycles. The molecule has 0 N–H and O–H groups in total. The van der Waals surface area contributed by atoms with Crippen molar-refractivity contribution in [1.29, 1.82) is 0 Å². The maximum absolute atomic E-state index is 12.5. The molecule has 0 radical (unpaired) electrons. The average molecular weight is 399 g/mol. The Bertz CT molecular complexity index is 847. The summed E-state index contributed by atoms with van der Waals surface area (Å²) in [5, 5.41) is 0.707. The van der Waals surface area contributed by atoms with Crippen molar-refractivity contribution in [3.05, 3.63) is 46.5 Å². The molecule has 1 spiro atoms. The Morgan fingerprint density at radius 2 is 2.00 bits per heavy atom. The average Bonchev–Trinajstić information content (AvgIpc) is 3.31. The predicted molar refractivity (Wildman–Crippen MR) is 115 cm³/mol. The Morgan fingerprint density at radius 1 is 1.25 bits per heavy atom. The standard InChI is InChI=1S/C25H31ClO2/c1-23(2,3)28-22(27)21-17-25(21)13-12-19(24(4,5)14-15-25)10-6-8-18-9-7-11-20(26)16-18/h7,9-11,16,21H,12-15,17H2,1-5H3/b19-10+. The number of carbonyl (C=O) groups is 1. The SMILES string of the molecule is CC(C)(C)OC(=O)C1CC12CC/C(=C\C#Cc1cccc(Cl)c1)C(C)(C)CC2. The summed E-state index contributed by atoms with van der Waals surface area (Å²) in [5.41, 5.74) is 2.14. The molecule has 2 saturated carbocycles. The molecule has 2 fully saturated rings. The highest BCUT2D eigenvalue weighted by atomic mass is 35.5. The first-order valence-corrected chi connectivity index (χ1v) is 10.6. The van der Waals surface area contributed by atoms with Gasteiger partial charge in [-0.15, -0.1) is 0 Å². The fourth-order valence-electron chi connectivity index (χ4n) is 4.22. The molecule has 0 bridgehead atoms. The summed E-state index contributed by atoms with van der Waals surface area (Å²) >= 11 is 6.04. The number of esters is 1. The molecule has 0 heterocycles. The number of carbonyl (C=O) groups excluding carboxylic acids is 1. The molecule has 1 aromatic rings. The largest absolute Gasteiger partial charge is 0.460 e. The Balaban J connectivity index is 1.71. The van der Waals surface area contributed by atoms with Crippen LogP contribution in [0.2, 0.25) is 5.02 Å². The molecular formula is C25H31ClO2. The fraction of sp³-hybridized carbons (Fsp3) is 0.560. The first-order valence-electron chi connectivity index (χ1n) is 10.2. The maximum Gasteiger partial charge on any atom is 0.310 e. The van der Waals surface area contributed by atoms with E-state index in [1.807, 2.05) is 45.0 Å². The number of allylic oxidation sites excluding steroid dienone is 2. The highest BCUT2D eigenvalue weighted by molar-refractivity contribution is 6.30. The predicted octanol–water partition coefficient (Wildman–Crippen LogP) is 6.57. The van der Waals surface area contributed by atoms with Gasteiger partial charge in [-0.05, 0) is 88.0 Å². The van der Waals surface area contributed by atoms with Gasteiger partial charge in [0.05, 0.1) is 5.92 Å². The van der Waals surface area contributed by atoms with Crippen molar-refractivity contribution < 1.29 is 9.53 Å². The lowest BCUT2D eigenvalue weighted by molar-refractivity contribution is -0.157. The highest BCUT2D eigenvalue weighted by Gasteiger charge is 2.59. The minimum absolute atomic E-state index is 0.0153. The Kier molecular flexibility index (Phi) is 5.70. The van der Waals surface area contributed by atoms with Crippen molar-refractivity contribution in [1.82, 2.24) is 0 Å². The zero-order valence-corrected chi connectivity index (χ0v) is 18.5. The van der Waals surface area contributed by atoms with E-state index in [0.29, 0.717) is 5.02 Å². The zero-order chi connectivity index (χ0) is 20.6. The summed E-state index contributed by atoms with van der Waals surface area (Å²) in [6, 6.07) is 7.63. The van der Waals surface area contributed by atoms with E-state index >= 15 is 0 Å². The van der Waals surface area contributed by atoms with Crippen LogP contribution in [0.15, 0.2) is 35.9 Å². The lowest BCUT2D eigenvalue weighted by atomic mass is 9.80. The van der Waals surface area contributed by atoms with Gasteiger partial charge >= 0.3 is 5.97 Å². The van der Waals surface area contributed by atoms with Crippen molar-refractivity contribution in [3.8, 4) is 11.8 Å². The molecule has 2 atom stereocenters. The molecule has 0 saturated heterocycles. The first-order chi connectivity index (χ1) is 13.0. The van der Waals surface area contributed by atoms with Crippen LogP contribution in [0.5, 0.6) is 0 Å². The van der Waals surface area contributed by atoms with E-state index in [1.54, 1.807) is 0 Å². The topological polar surface area (TPSA) is 26.3 Å². The highest BCUT2D eigenvalue weighted by Crippen LogP contribution is 2.63. The third kappa shape index (κ3) is 5.00. The van der Waals surface area contributed by atoms with Crippen LogP contribution in [-0.2, 0) is 9.53 Å². The summed E-state index contributed by atoms with van der Waals surface area (Å²) in [6.45, 7) is 10.4. The number of rotatable bonds is 1. The summed E-state index contributed by atoms with van der Waals surface area (Å²) in [5.74, 6) is 6.48. The van der Waals surface area contributed by atoms with Crippen LogP contribution in [0.3, 0.4) is 0 Å². The molecule has 3 rings (SSSR count). The zero-order valence-electron chi connectivity index (χ0n) is 17.7. The van der Waals surface area contributed by atoms with Crippen LogP contribution in [0.1, 0.15) is 72.3 Å². The van der Waals surface area contributed by atoms with Gasteiger partial charge in [0.25, 0.3) is 0 Å². The van der Waals surface area contributed by atoms with Gasteiger partial charge in [0.15, 0.2) is 0 Å². The molecule has 2 nitrogen and oxygen atoms in total. The number of ether oxygens (including phenoxy) is 1.